The first kappa shape index (κ1) is 22.3. The lowest BCUT2D eigenvalue weighted by Gasteiger charge is -2.19. The maximum Gasteiger partial charge on any atom is 0.374 e. The van der Waals surface area contributed by atoms with Crippen LogP contribution in [0.3, 0.4) is 0 Å². The van der Waals surface area contributed by atoms with Gasteiger partial charge in [-0.3, -0.25) is 24.7 Å². The minimum absolute atomic E-state index is 0.0449. The van der Waals surface area contributed by atoms with E-state index in [-0.39, 0.29) is 49.4 Å². The number of pyridine rings is 1. The number of anilines is 1. The lowest BCUT2D eigenvalue weighted by molar-refractivity contribution is -0.125. The van der Waals surface area contributed by atoms with Gasteiger partial charge in [-0.05, 0) is 31.2 Å². The van der Waals surface area contributed by atoms with E-state index in [1.165, 1.54) is 12.3 Å². The van der Waals surface area contributed by atoms with E-state index in [0.717, 1.165) is 11.3 Å². The summed E-state index contributed by atoms with van der Waals surface area (Å²) >= 11 is 1.10. The average Bonchev–Trinajstić information content (AvgIpc) is 3.45. The SMILES string of the molecule is CCOC(=O)c1ccc(CNC(=O)[C@H]2CC(=O)c3sc(NC(=O)c4cccnc4)nc3C2)o1. The number of aromatic nitrogens is 2. The maximum absolute atomic E-state index is 12.6. The summed E-state index contributed by atoms with van der Waals surface area (Å²) in [6.07, 6.45) is 3.32. The Morgan fingerprint density at radius 3 is 2.85 bits per heavy atom. The van der Waals surface area contributed by atoms with Crippen molar-refractivity contribution in [3.8, 4) is 0 Å². The van der Waals surface area contributed by atoms with Crippen molar-refractivity contribution in [2.45, 2.75) is 26.3 Å². The largest absolute Gasteiger partial charge is 0.460 e. The normalized spacial score (nSPS) is 14.9. The van der Waals surface area contributed by atoms with Gasteiger partial charge >= 0.3 is 5.97 Å². The third-order valence-corrected chi connectivity index (χ3v) is 5.97. The summed E-state index contributed by atoms with van der Waals surface area (Å²) in [6, 6.07) is 6.33. The average molecular weight is 468 g/mol. The van der Waals surface area contributed by atoms with Gasteiger partial charge in [-0.2, -0.15) is 0 Å². The van der Waals surface area contributed by atoms with E-state index in [2.05, 4.69) is 20.6 Å². The topological polar surface area (TPSA) is 140 Å². The molecule has 2 N–H and O–H groups in total. The number of esters is 1. The number of furan rings is 1. The van der Waals surface area contributed by atoms with Gasteiger partial charge in [0.15, 0.2) is 10.9 Å². The van der Waals surface area contributed by atoms with Crippen molar-refractivity contribution < 1.29 is 28.3 Å². The second-order valence-corrected chi connectivity index (χ2v) is 8.22. The Kier molecular flexibility index (Phi) is 6.59. The summed E-state index contributed by atoms with van der Waals surface area (Å²) < 4.78 is 10.2. The minimum Gasteiger partial charge on any atom is -0.460 e. The number of ketones is 1. The Morgan fingerprint density at radius 2 is 2.09 bits per heavy atom. The van der Waals surface area contributed by atoms with Gasteiger partial charge in [-0.15, -0.1) is 0 Å². The Balaban J connectivity index is 1.36. The zero-order valence-electron chi connectivity index (χ0n) is 17.6. The van der Waals surface area contributed by atoms with Crippen LogP contribution in [-0.2, 0) is 22.5 Å². The second-order valence-electron chi connectivity index (χ2n) is 7.22. The molecule has 4 rings (SSSR count). The lowest BCUT2D eigenvalue weighted by atomic mass is 9.89. The lowest BCUT2D eigenvalue weighted by Crippen LogP contribution is -2.35. The van der Waals surface area contributed by atoms with Gasteiger partial charge in [0.1, 0.15) is 5.76 Å². The number of nitrogens with zero attached hydrogens (tertiary/aromatic N) is 2. The summed E-state index contributed by atoms with van der Waals surface area (Å²) in [7, 11) is 0. The summed E-state index contributed by atoms with van der Waals surface area (Å²) in [5.41, 5.74) is 0.860. The zero-order chi connectivity index (χ0) is 23.4. The first-order valence-electron chi connectivity index (χ1n) is 10.2. The van der Waals surface area contributed by atoms with E-state index in [1.54, 1.807) is 31.3 Å². The van der Waals surface area contributed by atoms with Crippen LogP contribution in [0.5, 0.6) is 0 Å². The number of nitrogens with one attached hydrogen (secondary N) is 2. The number of carbonyl (C=O) groups is 4. The van der Waals surface area contributed by atoms with Crippen molar-refractivity contribution >= 4 is 40.0 Å². The van der Waals surface area contributed by atoms with Gasteiger partial charge in [0, 0.05) is 25.2 Å². The van der Waals surface area contributed by atoms with E-state index in [4.69, 9.17) is 9.15 Å². The minimum atomic E-state index is -0.589. The highest BCUT2D eigenvalue weighted by Gasteiger charge is 2.33. The molecule has 1 aliphatic rings. The molecule has 2 amide bonds. The third kappa shape index (κ3) is 5.14. The number of thiazole rings is 1. The van der Waals surface area contributed by atoms with Crippen LogP contribution >= 0.6 is 11.3 Å². The number of ether oxygens (including phenoxy) is 1. The molecule has 0 fully saturated rings. The molecule has 10 nitrogen and oxygen atoms in total. The van der Waals surface area contributed by atoms with Crippen LogP contribution in [-0.4, -0.2) is 40.1 Å². The number of hydrogen-bond donors (Lipinski definition) is 2. The van der Waals surface area contributed by atoms with Crippen molar-refractivity contribution in [2.24, 2.45) is 5.92 Å². The van der Waals surface area contributed by atoms with E-state index in [1.807, 2.05) is 0 Å². The molecule has 3 aromatic heterocycles. The van der Waals surface area contributed by atoms with E-state index < -0.39 is 11.9 Å². The molecule has 1 aliphatic carbocycles. The number of Topliss-reactive ketones (excluding diaryl/α,β-unsaturated/α-hetero) is 1. The maximum atomic E-state index is 12.6. The van der Waals surface area contributed by atoms with Crippen molar-refractivity contribution in [1.82, 2.24) is 15.3 Å². The molecule has 0 aliphatic heterocycles. The molecule has 3 heterocycles. The molecular formula is C22H20N4O6S. The molecule has 170 valence electrons. The highest BCUT2D eigenvalue weighted by atomic mass is 32.1. The predicted octanol–water partition coefficient (Wildman–Crippen LogP) is 2.62. The monoisotopic (exact) mass is 468 g/mol. The second kappa shape index (κ2) is 9.74. The van der Waals surface area contributed by atoms with Crippen molar-refractivity contribution in [1.29, 1.82) is 0 Å². The van der Waals surface area contributed by atoms with Crippen LogP contribution in [0.2, 0.25) is 0 Å². The van der Waals surface area contributed by atoms with Crippen LogP contribution in [0, 0.1) is 5.92 Å². The molecule has 0 saturated carbocycles. The van der Waals surface area contributed by atoms with Gasteiger partial charge in [-0.1, -0.05) is 11.3 Å². The Hall–Kier alpha value is -3.86. The smallest absolute Gasteiger partial charge is 0.374 e. The van der Waals surface area contributed by atoms with Crippen LogP contribution < -0.4 is 10.6 Å². The molecule has 11 heteroatoms. The highest BCUT2D eigenvalue weighted by molar-refractivity contribution is 7.17. The summed E-state index contributed by atoms with van der Waals surface area (Å²) in [4.78, 5) is 57.9. The molecular weight excluding hydrogens is 448 g/mol. The fraction of sp³-hybridized carbons (Fsp3) is 0.273. The molecule has 0 spiro atoms. The molecule has 0 bridgehead atoms. The number of amides is 2. The van der Waals surface area contributed by atoms with E-state index in [9.17, 15) is 19.2 Å². The van der Waals surface area contributed by atoms with Crippen LogP contribution in [0.25, 0.3) is 0 Å². The number of carbonyl (C=O) groups excluding carboxylic acids is 4. The summed E-state index contributed by atoms with van der Waals surface area (Å²) in [5, 5.41) is 5.70. The molecule has 33 heavy (non-hydrogen) atoms. The summed E-state index contributed by atoms with van der Waals surface area (Å²) in [6.45, 7) is 1.99. The van der Waals surface area contributed by atoms with Gasteiger partial charge in [0.25, 0.3) is 5.91 Å². The van der Waals surface area contributed by atoms with Crippen molar-refractivity contribution in [2.75, 3.05) is 11.9 Å². The molecule has 0 unspecified atom stereocenters. The fourth-order valence-corrected chi connectivity index (χ4v) is 4.28. The van der Waals surface area contributed by atoms with Crippen LogP contribution in [0.15, 0.2) is 41.1 Å². The van der Waals surface area contributed by atoms with Gasteiger partial charge in [-0.25, -0.2) is 9.78 Å². The number of hydrogen-bond acceptors (Lipinski definition) is 9. The highest BCUT2D eigenvalue weighted by Crippen LogP contribution is 2.32. The number of fused-ring (bicyclic) bond motifs is 1. The van der Waals surface area contributed by atoms with E-state index in [0.29, 0.717) is 27.0 Å². The molecule has 0 aromatic carbocycles. The zero-order valence-corrected chi connectivity index (χ0v) is 18.4. The van der Waals surface area contributed by atoms with Gasteiger partial charge in [0.05, 0.1) is 35.2 Å². The van der Waals surface area contributed by atoms with Crippen LogP contribution in [0.1, 0.15) is 55.4 Å². The van der Waals surface area contributed by atoms with Gasteiger partial charge < -0.3 is 14.5 Å². The predicted molar refractivity (Wildman–Crippen MR) is 117 cm³/mol. The Bertz CT molecular complexity index is 1200. The van der Waals surface area contributed by atoms with E-state index >= 15 is 0 Å². The molecule has 3 aromatic rings. The first-order chi connectivity index (χ1) is 15.9. The third-order valence-electron chi connectivity index (χ3n) is 4.91. The molecule has 1 atom stereocenters. The summed E-state index contributed by atoms with van der Waals surface area (Å²) in [5.74, 6) is -1.61. The quantitative estimate of drug-likeness (QED) is 0.504. The number of rotatable bonds is 7. The molecule has 0 radical (unpaired) electrons. The van der Waals surface area contributed by atoms with Gasteiger partial charge in [0.2, 0.25) is 11.7 Å². The van der Waals surface area contributed by atoms with Crippen molar-refractivity contribution in [3.05, 3.63) is 64.3 Å². The van der Waals surface area contributed by atoms with Crippen LogP contribution in [0.4, 0.5) is 5.13 Å². The Labute approximate surface area is 192 Å². The first-order valence-corrected chi connectivity index (χ1v) is 11.0. The standard InChI is InChI=1S/C22H20N4O6S/c1-2-31-21(30)17-6-5-14(32-17)11-24-19(28)13-8-15-18(16(27)9-13)33-22(25-15)26-20(29)12-4-3-7-23-10-12/h3-7,10,13H,2,8-9,11H2,1H3,(H,24,28)(H,25,26,29)/t13-/m1/s1. The van der Waals surface area contributed by atoms with Crippen molar-refractivity contribution in [3.63, 3.8) is 0 Å². The molecule has 0 saturated heterocycles. The fourth-order valence-electron chi connectivity index (χ4n) is 3.34. The Morgan fingerprint density at radius 1 is 1.24 bits per heavy atom.